The minimum Gasteiger partial charge on any atom is -0.481 e. The molecule has 0 aromatic carbocycles. The molecular weight excluding hydrogens is 274 g/mol. The summed E-state index contributed by atoms with van der Waals surface area (Å²) in [7, 11) is 0. The van der Waals surface area contributed by atoms with Crippen molar-refractivity contribution < 1.29 is 9.90 Å². The summed E-state index contributed by atoms with van der Waals surface area (Å²) >= 11 is 1.69. The van der Waals surface area contributed by atoms with Gasteiger partial charge in [0.15, 0.2) is 0 Å². The molecule has 1 aliphatic heterocycles. The number of nitrogens with zero attached hydrogens (tertiary/aromatic N) is 2. The second kappa shape index (κ2) is 7.71. The molecule has 1 aromatic rings. The third-order valence-corrected chi connectivity index (χ3v) is 4.55. The number of carboxylic acids is 1. The lowest BCUT2D eigenvalue weighted by atomic mass is 10.2. The van der Waals surface area contributed by atoms with E-state index in [0.29, 0.717) is 0 Å². The molecule has 0 unspecified atom stereocenters. The topological polar surface area (TPSA) is 65.5 Å². The molecular formula is C14H23N3O2S. The summed E-state index contributed by atoms with van der Waals surface area (Å²) in [5.74, 6) is -0.794. The first kappa shape index (κ1) is 15.4. The molecule has 1 aromatic heterocycles. The molecule has 112 valence electrons. The van der Waals surface area contributed by atoms with Crippen LogP contribution in [0.5, 0.6) is 0 Å². The number of rotatable bonds is 6. The number of thiazole rings is 1. The van der Waals surface area contributed by atoms with Gasteiger partial charge in [0, 0.05) is 24.5 Å². The Kier molecular flexibility index (Phi) is 5.94. The van der Waals surface area contributed by atoms with Gasteiger partial charge in [-0.05, 0) is 32.4 Å². The van der Waals surface area contributed by atoms with Gasteiger partial charge in [-0.25, -0.2) is 4.98 Å². The molecule has 0 spiro atoms. The lowest BCUT2D eigenvalue weighted by Crippen LogP contribution is -2.27. The van der Waals surface area contributed by atoms with Crippen LogP contribution >= 0.6 is 11.3 Å². The van der Waals surface area contributed by atoms with Gasteiger partial charge < -0.3 is 10.4 Å². The zero-order valence-corrected chi connectivity index (χ0v) is 12.8. The maximum absolute atomic E-state index is 11.0. The van der Waals surface area contributed by atoms with Crippen molar-refractivity contribution in [3.05, 3.63) is 15.6 Å². The van der Waals surface area contributed by atoms with E-state index in [-0.39, 0.29) is 6.42 Å². The molecule has 1 saturated heterocycles. The quantitative estimate of drug-likeness (QED) is 0.833. The minimum atomic E-state index is -0.794. The highest BCUT2D eigenvalue weighted by Gasteiger charge is 2.17. The van der Waals surface area contributed by atoms with Crippen LogP contribution < -0.4 is 5.32 Å². The van der Waals surface area contributed by atoms with Crippen LogP contribution in [0, 0.1) is 0 Å². The molecule has 0 amide bonds. The number of carboxylic acid groups (broad SMARTS) is 1. The van der Waals surface area contributed by atoms with E-state index >= 15 is 0 Å². The average molecular weight is 297 g/mol. The van der Waals surface area contributed by atoms with E-state index in [2.05, 4.69) is 22.1 Å². The summed E-state index contributed by atoms with van der Waals surface area (Å²) in [6, 6.07) is 0. The molecule has 0 radical (unpaired) electrons. The number of aromatic nitrogens is 1. The van der Waals surface area contributed by atoms with Crippen molar-refractivity contribution in [2.45, 2.75) is 39.2 Å². The molecule has 6 heteroatoms. The second-order valence-electron chi connectivity index (χ2n) is 5.18. The van der Waals surface area contributed by atoms with E-state index in [0.717, 1.165) is 67.6 Å². The van der Waals surface area contributed by atoms with Crippen LogP contribution in [0.25, 0.3) is 0 Å². The highest BCUT2D eigenvalue weighted by Crippen LogP contribution is 2.22. The van der Waals surface area contributed by atoms with Crippen LogP contribution in [-0.4, -0.2) is 47.1 Å². The van der Waals surface area contributed by atoms with Crippen molar-refractivity contribution in [2.75, 3.05) is 26.2 Å². The van der Waals surface area contributed by atoms with Crippen molar-refractivity contribution in [3.63, 3.8) is 0 Å². The van der Waals surface area contributed by atoms with Crippen LogP contribution in [0.15, 0.2) is 0 Å². The van der Waals surface area contributed by atoms with Crippen molar-refractivity contribution in [2.24, 2.45) is 0 Å². The Morgan fingerprint density at radius 1 is 1.45 bits per heavy atom. The number of nitrogens with one attached hydrogen (secondary N) is 1. The predicted octanol–water partition coefficient (Wildman–Crippen LogP) is 1.52. The van der Waals surface area contributed by atoms with E-state index in [1.807, 2.05) is 0 Å². The van der Waals surface area contributed by atoms with E-state index in [4.69, 9.17) is 5.11 Å². The van der Waals surface area contributed by atoms with Crippen LogP contribution in [0.2, 0.25) is 0 Å². The predicted molar refractivity (Wildman–Crippen MR) is 80.2 cm³/mol. The Hall–Kier alpha value is -0.980. The van der Waals surface area contributed by atoms with E-state index < -0.39 is 5.97 Å². The maximum Gasteiger partial charge on any atom is 0.309 e. The molecule has 5 nitrogen and oxygen atoms in total. The molecule has 0 aliphatic carbocycles. The number of carbonyl (C=O) groups is 1. The maximum atomic E-state index is 11.0. The fourth-order valence-electron chi connectivity index (χ4n) is 2.43. The molecule has 2 heterocycles. The fourth-order valence-corrected chi connectivity index (χ4v) is 3.65. The second-order valence-corrected chi connectivity index (χ2v) is 6.35. The normalized spacial score (nSPS) is 17.1. The SMILES string of the molecule is CCCc1nc(CC(=O)O)c(CN2CCCNCC2)s1. The molecule has 2 N–H and O–H groups in total. The molecule has 0 bridgehead atoms. The van der Waals surface area contributed by atoms with Gasteiger partial charge in [0.05, 0.1) is 17.1 Å². The number of aryl methyl sites for hydroxylation is 1. The number of hydrogen-bond donors (Lipinski definition) is 2. The fraction of sp³-hybridized carbons (Fsp3) is 0.714. The van der Waals surface area contributed by atoms with Crippen LogP contribution in [-0.2, 0) is 24.2 Å². The summed E-state index contributed by atoms with van der Waals surface area (Å²) in [6.45, 7) is 7.13. The smallest absolute Gasteiger partial charge is 0.309 e. The van der Waals surface area contributed by atoms with Crippen molar-refractivity contribution in [3.8, 4) is 0 Å². The zero-order valence-electron chi connectivity index (χ0n) is 12.0. The molecule has 2 rings (SSSR count). The lowest BCUT2D eigenvalue weighted by molar-refractivity contribution is -0.136. The first-order valence-electron chi connectivity index (χ1n) is 7.31. The molecule has 0 atom stereocenters. The largest absolute Gasteiger partial charge is 0.481 e. The van der Waals surface area contributed by atoms with Crippen LogP contribution in [0.1, 0.15) is 35.3 Å². The van der Waals surface area contributed by atoms with Crippen LogP contribution in [0.4, 0.5) is 0 Å². The van der Waals surface area contributed by atoms with E-state index in [9.17, 15) is 4.79 Å². The summed E-state index contributed by atoms with van der Waals surface area (Å²) in [6.07, 6.45) is 3.18. The van der Waals surface area contributed by atoms with Gasteiger partial charge >= 0.3 is 5.97 Å². The third kappa shape index (κ3) is 4.54. The van der Waals surface area contributed by atoms with Gasteiger partial charge in [-0.15, -0.1) is 11.3 Å². The van der Waals surface area contributed by atoms with Crippen molar-refractivity contribution in [1.82, 2.24) is 15.2 Å². The van der Waals surface area contributed by atoms with E-state index in [1.165, 1.54) is 0 Å². The van der Waals surface area contributed by atoms with Gasteiger partial charge in [0.25, 0.3) is 0 Å². The lowest BCUT2D eigenvalue weighted by Gasteiger charge is -2.18. The van der Waals surface area contributed by atoms with Gasteiger partial charge in [-0.2, -0.15) is 0 Å². The monoisotopic (exact) mass is 297 g/mol. The van der Waals surface area contributed by atoms with Crippen molar-refractivity contribution >= 4 is 17.3 Å². The summed E-state index contributed by atoms with van der Waals surface area (Å²) in [5.41, 5.74) is 0.767. The van der Waals surface area contributed by atoms with E-state index in [1.54, 1.807) is 11.3 Å². The minimum absolute atomic E-state index is 0.0433. The highest BCUT2D eigenvalue weighted by molar-refractivity contribution is 7.11. The Labute approximate surface area is 124 Å². The number of hydrogen-bond acceptors (Lipinski definition) is 5. The van der Waals surface area contributed by atoms with Gasteiger partial charge in [-0.1, -0.05) is 6.92 Å². The standard InChI is InChI=1S/C14H23N3O2S/c1-2-4-13-16-11(9-14(18)19)12(20-13)10-17-7-3-5-15-6-8-17/h15H,2-10H2,1H3,(H,18,19). The summed E-state index contributed by atoms with van der Waals surface area (Å²) < 4.78 is 0. The molecule has 20 heavy (non-hydrogen) atoms. The van der Waals surface area contributed by atoms with Crippen LogP contribution in [0.3, 0.4) is 0 Å². The van der Waals surface area contributed by atoms with Crippen molar-refractivity contribution in [1.29, 1.82) is 0 Å². The van der Waals surface area contributed by atoms with Gasteiger partial charge in [-0.3, -0.25) is 9.69 Å². The Bertz CT molecular complexity index is 440. The summed E-state index contributed by atoms with van der Waals surface area (Å²) in [5, 5.41) is 13.5. The molecule has 0 saturated carbocycles. The Morgan fingerprint density at radius 2 is 2.30 bits per heavy atom. The Balaban J connectivity index is 2.08. The first-order valence-corrected chi connectivity index (χ1v) is 8.13. The average Bonchev–Trinajstić information content (AvgIpc) is 2.62. The van der Waals surface area contributed by atoms with Gasteiger partial charge in [0.2, 0.25) is 0 Å². The molecule has 1 fully saturated rings. The summed E-state index contributed by atoms with van der Waals surface area (Å²) in [4.78, 5) is 19.0. The Morgan fingerprint density at radius 3 is 3.05 bits per heavy atom. The number of aliphatic carboxylic acids is 1. The third-order valence-electron chi connectivity index (χ3n) is 3.40. The molecule has 1 aliphatic rings. The highest BCUT2D eigenvalue weighted by atomic mass is 32.1. The first-order chi connectivity index (χ1) is 9.69. The van der Waals surface area contributed by atoms with Gasteiger partial charge in [0.1, 0.15) is 0 Å². The zero-order chi connectivity index (χ0) is 14.4.